The van der Waals surface area contributed by atoms with Gasteiger partial charge in [0.25, 0.3) is 11.8 Å². The molecule has 0 saturated heterocycles. The molecule has 4 aromatic rings. The Bertz CT molecular complexity index is 1400. The zero-order chi connectivity index (χ0) is 28.2. The number of para-hydroxylation sites is 4. The van der Waals surface area contributed by atoms with E-state index in [1.807, 2.05) is 24.3 Å². The number of aromatic nitrogens is 4. The quantitative estimate of drug-likeness (QED) is 0.184. The van der Waals surface area contributed by atoms with Crippen LogP contribution in [0.3, 0.4) is 0 Å². The van der Waals surface area contributed by atoms with Crippen LogP contribution in [0.1, 0.15) is 46.7 Å². The number of hydrogen-bond acceptors (Lipinski definition) is 8. The van der Waals surface area contributed by atoms with Crippen molar-refractivity contribution < 1.29 is 19.2 Å². The van der Waals surface area contributed by atoms with Crippen molar-refractivity contribution >= 4 is 45.7 Å². The number of benzene rings is 2. The van der Waals surface area contributed by atoms with Gasteiger partial charge in [-0.25, -0.2) is 9.97 Å². The summed E-state index contributed by atoms with van der Waals surface area (Å²) < 4.78 is 0. The third-order valence-electron chi connectivity index (χ3n) is 5.93. The molecule has 0 aliphatic carbocycles. The lowest BCUT2D eigenvalue weighted by atomic mass is 10.2. The maximum Gasteiger partial charge on any atom is 0.271 e. The summed E-state index contributed by atoms with van der Waals surface area (Å²) in [5, 5.41) is 10.6. The average Bonchev–Trinajstić information content (AvgIpc) is 2.99. The second-order valence-corrected chi connectivity index (χ2v) is 8.97. The molecule has 40 heavy (non-hydrogen) atoms. The first-order valence-corrected chi connectivity index (χ1v) is 13.0. The monoisotopic (exact) mass is 542 g/mol. The number of hydrogen-bond donors (Lipinski definition) is 4. The Balaban J connectivity index is 1.01. The lowest BCUT2D eigenvalue weighted by Gasteiger charge is -2.08. The molecule has 4 rings (SSSR count). The normalized spacial score (nSPS) is 10.7. The van der Waals surface area contributed by atoms with E-state index in [0.717, 1.165) is 25.7 Å². The number of nitrogens with zero attached hydrogens (tertiary/aromatic N) is 4. The summed E-state index contributed by atoms with van der Waals surface area (Å²) in [5.41, 5.74) is 2.91. The van der Waals surface area contributed by atoms with Crippen LogP contribution in [0.25, 0.3) is 22.1 Å². The molecule has 12 heteroatoms. The molecule has 0 radical (unpaired) electrons. The molecule has 0 bridgehead atoms. The summed E-state index contributed by atoms with van der Waals surface area (Å²) >= 11 is 0. The van der Waals surface area contributed by atoms with Crippen LogP contribution in [0.15, 0.2) is 60.9 Å². The van der Waals surface area contributed by atoms with E-state index in [2.05, 4.69) is 41.2 Å². The van der Waals surface area contributed by atoms with Crippen molar-refractivity contribution in [2.24, 2.45) is 0 Å². The van der Waals surface area contributed by atoms with E-state index < -0.39 is 11.8 Å². The van der Waals surface area contributed by atoms with Gasteiger partial charge in [0.05, 0.1) is 47.6 Å². The van der Waals surface area contributed by atoms with E-state index in [-0.39, 0.29) is 36.3 Å². The lowest BCUT2D eigenvalue weighted by Crippen LogP contribution is -2.37. The Labute approximate surface area is 230 Å². The zero-order valence-corrected chi connectivity index (χ0v) is 21.9. The molecule has 0 aliphatic rings. The molecular formula is C28H30N8O4. The Morgan fingerprint density at radius 1 is 0.525 bits per heavy atom. The standard InChI is InChI=1S/C28H30N8O4/c37-25(17-33-27(39)23-15-31-19-9-3-5-11-21(19)35-23)29-13-7-1-2-8-14-30-26(38)18-34-28(40)24-16-32-20-10-4-6-12-22(20)36-24/h3-6,9-12,15-16H,1-2,7-8,13-14,17-18H2,(H,29,37)(H,30,38)(H,33,39)(H,34,40). The van der Waals surface area contributed by atoms with E-state index in [9.17, 15) is 19.2 Å². The van der Waals surface area contributed by atoms with E-state index in [4.69, 9.17) is 0 Å². The van der Waals surface area contributed by atoms with Crippen molar-refractivity contribution in [1.82, 2.24) is 41.2 Å². The molecule has 4 N–H and O–H groups in total. The van der Waals surface area contributed by atoms with E-state index in [1.54, 1.807) is 24.3 Å². The first-order chi connectivity index (χ1) is 19.5. The highest BCUT2D eigenvalue weighted by Gasteiger charge is 2.12. The molecule has 2 aromatic heterocycles. The zero-order valence-electron chi connectivity index (χ0n) is 21.9. The van der Waals surface area contributed by atoms with Crippen molar-refractivity contribution in [3.63, 3.8) is 0 Å². The van der Waals surface area contributed by atoms with Gasteiger partial charge in [-0.3, -0.25) is 29.1 Å². The number of amides is 4. The van der Waals surface area contributed by atoms with Crippen LogP contribution in [-0.2, 0) is 9.59 Å². The van der Waals surface area contributed by atoms with Crippen LogP contribution in [0.2, 0.25) is 0 Å². The van der Waals surface area contributed by atoms with Gasteiger partial charge in [0.15, 0.2) is 0 Å². The molecular weight excluding hydrogens is 512 g/mol. The van der Waals surface area contributed by atoms with Crippen molar-refractivity contribution in [1.29, 1.82) is 0 Å². The molecule has 2 heterocycles. The highest BCUT2D eigenvalue weighted by atomic mass is 16.2. The molecule has 206 valence electrons. The topological polar surface area (TPSA) is 168 Å². The molecule has 12 nitrogen and oxygen atoms in total. The summed E-state index contributed by atoms with van der Waals surface area (Å²) in [6.45, 7) is 0.674. The van der Waals surface area contributed by atoms with Gasteiger partial charge < -0.3 is 21.3 Å². The molecule has 4 amide bonds. The van der Waals surface area contributed by atoms with Gasteiger partial charge in [0.1, 0.15) is 11.4 Å². The highest BCUT2D eigenvalue weighted by molar-refractivity contribution is 5.96. The van der Waals surface area contributed by atoms with Crippen molar-refractivity contribution in [3.8, 4) is 0 Å². The van der Waals surface area contributed by atoms with Crippen LogP contribution in [0, 0.1) is 0 Å². The second-order valence-electron chi connectivity index (χ2n) is 8.97. The van der Waals surface area contributed by atoms with Crippen LogP contribution < -0.4 is 21.3 Å². The number of carbonyl (C=O) groups excluding carboxylic acids is 4. The number of carbonyl (C=O) groups is 4. The van der Waals surface area contributed by atoms with Crippen LogP contribution >= 0.6 is 0 Å². The Morgan fingerprint density at radius 2 is 0.925 bits per heavy atom. The van der Waals surface area contributed by atoms with Gasteiger partial charge >= 0.3 is 0 Å². The molecule has 0 spiro atoms. The summed E-state index contributed by atoms with van der Waals surface area (Å²) in [7, 11) is 0. The molecule has 0 fully saturated rings. The Kier molecular flexibility index (Phi) is 9.97. The Hall–Kier alpha value is -5.00. The van der Waals surface area contributed by atoms with Gasteiger partial charge in [0.2, 0.25) is 11.8 Å². The van der Waals surface area contributed by atoms with E-state index >= 15 is 0 Å². The lowest BCUT2D eigenvalue weighted by molar-refractivity contribution is -0.120. The minimum Gasteiger partial charge on any atom is -0.355 e. The first kappa shape index (κ1) is 28.0. The summed E-state index contributed by atoms with van der Waals surface area (Å²) in [4.78, 5) is 65.4. The van der Waals surface area contributed by atoms with Crippen molar-refractivity contribution in [2.75, 3.05) is 26.2 Å². The van der Waals surface area contributed by atoms with Gasteiger partial charge in [-0.05, 0) is 37.1 Å². The third kappa shape index (κ3) is 8.25. The summed E-state index contributed by atoms with van der Waals surface area (Å²) in [6.07, 6.45) is 6.04. The molecule has 0 unspecified atom stereocenters. The maximum absolute atomic E-state index is 12.3. The van der Waals surface area contributed by atoms with E-state index in [1.165, 1.54) is 12.4 Å². The largest absolute Gasteiger partial charge is 0.355 e. The number of rotatable bonds is 13. The third-order valence-corrected chi connectivity index (χ3v) is 5.93. The second kappa shape index (κ2) is 14.2. The smallest absolute Gasteiger partial charge is 0.271 e. The first-order valence-electron chi connectivity index (χ1n) is 13.0. The minimum atomic E-state index is -0.461. The predicted octanol–water partition coefficient (Wildman–Crippen LogP) is 1.53. The van der Waals surface area contributed by atoms with Crippen molar-refractivity contribution in [2.45, 2.75) is 25.7 Å². The molecule has 0 atom stereocenters. The highest BCUT2D eigenvalue weighted by Crippen LogP contribution is 2.09. The number of nitrogens with one attached hydrogen (secondary N) is 4. The summed E-state index contributed by atoms with van der Waals surface area (Å²) in [6, 6.07) is 14.5. The van der Waals surface area contributed by atoms with Crippen LogP contribution in [-0.4, -0.2) is 69.7 Å². The fourth-order valence-electron chi connectivity index (χ4n) is 3.82. The number of unbranched alkanes of at least 4 members (excludes halogenated alkanes) is 3. The predicted molar refractivity (Wildman–Crippen MR) is 148 cm³/mol. The minimum absolute atomic E-state index is 0.149. The molecule has 0 saturated carbocycles. The van der Waals surface area contributed by atoms with Gasteiger partial charge in [0, 0.05) is 13.1 Å². The van der Waals surface area contributed by atoms with Gasteiger partial charge in [-0.2, -0.15) is 0 Å². The molecule has 0 aliphatic heterocycles. The SMILES string of the molecule is O=C(CNC(=O)c1cnc2ccccc2n1)NCCCCCCNC(=O)CNC(=O)c1cnc2ccccc2n1. The van der Waals surface area contributed by atoms with Crippen LogP contribution in [0.5, 0.6) is 0 Å². The fraction of sp³-hybridized carbons (Fsp3) is 0.286. The average molecular weight is 543 g/mol. The maximum atomic E-state index is 12.3. The van der Waals surface area contributed by atoms with Gasteiger partial charge in [-0.15, -0.1) is 0 Å². The van der Waals surface area contributed by atoms with Gasteiger partial charge in [-0.1, -0.05) is 37.1 Å². The fourth-order valence-corrected chi connectivity index (χ4v) is 3.82. The van der Waals surface area contributed by atoms with E-state index in [0.29, 0.717) is 35.2 Å². The molecule has 2 aromatic carbocycles. The Morgan fingerprint density at radius 3 is 1.35 bits per heavy atom. The van der Waals surface area contributed by atoms with Crippen molar-refractivity contribution in [3.05, 3.63) is 72.3 Å². The summed E-state index contributed by atoms with van der Waals surface area (Å²) in [5.74, 6) is -1.49. The van der Waals surface area contributed by atoms with Crippen LogP contribution in [0.4, 0.5) is 0 Å². The number of fused-ring (bicyclic) bond motifs is 2.